The Morgan fingerprint density at radius 2 is 1.87 bits per heavy atom. The fourth-order valence-electron chi connectivity index (χ4n) is 4.67. The summed E-state index contributed by atoms with van der Waals surface area (Å²) in [5.41, 5.74) is 0.416. The lowest BCUT2D eigenvalue weighted by atomic mass is 9.63. The van der Waals surface area contributed by atoms with Crippen molar-refractivity contribution in [3.63, 3.8) is 0 Å². The molecule has 2 saturated heterocycles. The van der Waals surface area contributed by atoms with Crippen LogP contribution in [0.2, 0.25) is 0 Å². The van der Waals surface area contributed by atoms with Crippen molar-refractivity contribution in [2.75, 3.05) is 26.2 Å². The van der Waals surface area contributed by atoms with E-state index in [4.69, 9.17) is 0 Å². The molecule has 1 saturated carbocycles. The van der Waals surface area contributed by atoms with Gasteiger partial charge >= 0.3 is 0 Å². The van der Waals surface area contributed by atoms with E-state index in [2.05, 4.69) is 10.2 Å². The van der Waals surface area contributed by atoms with Gasteiger partial charge in [0.25, 0.3) is 0 Å². The Morgan fingerprint density at radius 3 is 2.43 bits per heavy atom. The number of amides is 1. The number of carbonyl (C=O) groups is 1. The molecule has 3 aliphatic rings. The Balaban J connectivity index is 1.55. The molecule has 124 valence electrons. The summed E-state index contributed by atoms with van der Waals surface area (Å²) in [5, 5.41) is 3.48. The first-order valence-electron chi connectivity index (χ1n) is 8.95. The Kier molecular flexibility index (Phi) is 3.88. The summed E-state index contributed by atoms with van der Waals surface area (Å²) in [4.78, 5) is 15.3. The zero-order valence-corrected chi connectivity index (χ0v) is 13.6. The van der Waals surface area contributed by atoms with Crippen LogP contribution >= 0.6 is 0 Å². The van der Waals surface area contributed by atoms with Crippen LogP contribution < -0.4 is 5.32 Å². The summed E-state index contributed by atoms with van der Waals surface area (Å²) >= 11 is 0. The van der Waals surface area contributed by atoms with Gasteiger partial charge in [-0.1, -0.05) is 18.6 Å². The third-order valence-electron chi connectivity index (χ3n) is 6.30. The van der Waals surface area contributed by atoms with Gasteiger partial charge in [-0.2, -0.15) is 0 Å². The molecule has 0 aromatic heterocycles. The highest BCUT2D eigenvalue weighted by molar-refractivity contribution is 5.89. The van der Waals surface area contributed by atoms with Gasteiger partial charge in [0.1, 0.15) is 5.82 Å². The van der Waals surface area contributed by atoms with Crippen molar-refractivity contribution < 1.29 is 9.18 Å². The summed E-state index contributed by atoms with van der Waals surface area (Å²) in [6.07, 6.45) is 4.98. The predicted octanol–water partition coefficient (Wildman–Crippen LogP) is 2.71. The number of carbonyl (C=O) groups excluding carboxylic acids is 1. The van der Waals surface area contributed by atoms with Gasteiger partial charge < -0.3 is 10.2 Å². The van der Waals surface area contributed by atoms with E-state index in [0.717, 1.165) is 75.7 Å². The lowest BCUT2D eigenvalue weighted by molar-refractivity contribution is -0.141. The van der Waals surface area contributed by atoms with Gasteiger partial charge in [0.2, 0.25) is 5.91 Å². The SMILES string of the molecule is O=C(N1CC[C@@H]2CNC[C@@H]2CC1)C1(c2cccc(F)c2)CCC1. The molecule has 0 radical (unpaired) electrons. The summed E-state index contributed by atoms with van der Waals surface area (Å²) in [5.74, 6) is 1.44. The fraction of sp³-hybridized carbons (Fsp3) is 0.632. The predicted molar refractivity (Wildman–Crippen MR) is 87.6 cm³/mol. The minimum absolute atomic E-state index is 0.238. The van der Waals surface area contributed by atoms with Crippen molar-refractivity contribution in [2.24, 2.45) is 11.8 Å². The minimum Gasteiger partial charge on any atom is -0.342 e. The number of likely N-dealkylation sites (tertiary alicyclic amines) is 1. The van der Waals surface area contributed by atoms with Crippen molar-refractivity contribution in [2.45, 2.75) is 37.5 Å². The van der Waals surface area contributed by atoms with Crippen LogP contribution in [0.3, 0.4) is 0 Å². The van der Waals surface area contributed by atoms with E-state index in [1.165, 1.54) is 6.07 Å². The van der Waals surface area contributed by atoms with E-state index in [1.54, 1.807) is 12.1 Å². The molecule has 4 rings (SSSR count). The number of rotatable bonds is 2. The number of nitrogens with one attached hydrogen (secondary N) is 1. The number of nitrogens with zero attached hydrogens (tertiary/aromatic N) is 1. The molecule has 1 aromatic rings. The van der Waals surface area contributed by atoms with Gasteiger partial charge in [-0.15, -0.1) is 0 Å². The van der Waals surface area contributed by atoms with Crippen LogP contribution in [0.1, 0.15) is 37.7 Å². The van der Waals surface area contributed by atoms with Gasteiger partial charge in [0.15, 0.2) is 0 Å². The lowest BCUT2D eigenvalue weighted by Crippen LogP contribution is -2.51. The maximum absolute atomic E-state index is 13.7. The van der Waals surface area contributed by atoms with Gasteiger partial charge in [-0.05, 0) is 68.3 Å². The second-order valence-corrected chi connectivity index (χ2v) is 7.49. The number of hydrogen-bond acceptors (Lipinski definition) is 2. The summed E-state index contributed by atoms with van der Waals surface area (Å²) in [6, 6.07) is 6.68. The van der Waals surface area contributed by atoms with Crippen LogP contribution in [0.5, 0.6) is 0 Å². The standard InChI is InChI=1S/C19H25FN2O/c20-17-4-1-3-16(11-17)19(7-2-8-19)18(23)22-9-5-14-12-21-13-15(14)6-10-22/h1,3-4,11,14-15,21H,2,5-10,12-13H2/t14-,15+. The number of benzene rings is 1. The summed E-state index contributed by atoms with van der Waals surface area (Å²) in [7, 11) is 0. The Labute approximate surface area is 137 Å². The Hall–Kier alpha value is -1.42. The first kappa shape index (κ1) is 15.1. The van der Waals surface area contributed by atoms with Gasteiger partial charge in [-0.25, -0.2) is 4.39 Å². The van der Waals surface area contributed by atoms with E-state index < -0.39 is 5.41 Å². The van der Waals surface area contributed by atoms with Crippen molar-refractivity contribution >= 4 is 5.91 Å². The minimum atomic E-state index is -0.459. The molecule has 1 aliphatic carbocycles. The third kappa shape index (κ3) is 2.57. The molecule has 0 spiro atoms. The van der Waals surface area contributed by atoms with Gasteiger partial charge in [0.05, 0.1) is 5.41 Å². The molecule has 2 heterocycles. The average molecular weight is 316 g/mol. The Bertz CT molecular complexity index is 585. The highest BCUT2D eigenvalue weighted by Crippen LogP contribution is 2.46. The first-order valence-corrected chi connectivity index (χ1v) is 8.95. The molecule has 2 aliphatic heterocycles. The van der Waals surface area contributed by atoms with Crippen molar-refractivity contribution in [3.8, 4) is 0 Å². The zero-order valence-electron chi connectivity index (χ0n) is 13.6. The third-order valence-corrected chi connectivity index (χ3v) is 6.30. The maximum atomic E-state index is 13.7. The molecule has 0 bridgehead atoms. The van der Waals surface area contributed by atoms with Crippen LogP contribution in [0.15, 0.2) is 24.3 Å². The van der Waals surface area contributed by atoms with Crippen LogP contribution in [0.25, 0.3) is 0 Å². The summed E-state index contributed by atoms with van der Waals surface area (Å²) < 4.78 is 13.7. The Morgan fingerprint density at radius 1 is 1.17 bits per heavy atom. The monoisotopic (exact) mass is 316 g/mol. The summed E-state index contributed by atoms with van der Waals surface area (Å²) in [6.45, 7) is 3.92. The van der Waals surface area contributed by atoms with E-state index in [1.807, 2.05) is 6.07 Å². The molecule has 0 unspecified atom stereocenters. The second-order valence-electron chi connectivity index (χ2n) is 7.49. The first-order chi connectivity index (χ1) is 11.2. The average Bonchev–Trinajstić information content (AvgIpc) is 2.85. The number of fused-ring (bicyclic) bond motifs is 1. The molecule has 23 heavy (non-hydrogen) atoms. The highest BCUT2D eigenvalue weighted by atomic mass is 19.1. The van der Waals surface area contributed by atoms with E-state index in [-0.39, 0.29) is 11.7 Å². The zero-order chi connectivity index (χ0) is 15.9. The molecule has 3 nitrogen and oxygen atoms in total. The molecule has 3 fully saturated rings. The van der Waals surface area contributed by atoms with E-state index in [0.29, 0.717) is 0 Å². The van der Waals surface area contributed by atoms with Gasteiger partial charge in [-0.3, -0.25) is 4.79 Å². The molecule has 4 heteroatoms. The van der Waals surface area contributed by atoms with Crippen LogP contribution in [-0.2, 0) is 10.2 Å². The molecular formula is C19H25FN2O. The highest BCUT2D eigenvalue weighted by Gasteiger charge is 2.48. The largest absolute Gasteiger partial charge is 0.342 e. The maximum Gasteiger partial charge on any atom is 0.233 e. The van der Waals surface area contributed by atoms with Crippen molar-refractivity contribution in [1.82, 2.24) is 10.2 Å². The molecule has 1 amide bonds. The topological polar surface area (TPSA) is 32.3 Å². The fourth-order valence-corrected chi connectivity index (χ4v) is 4.67. The molecule has 1 aromatic carbocycles. The van der Waals surface area contributed by atoms with Gasteiger partial charge in [0, 0.05) is 13.1 Å². The van der Waals surface area contributed by atoms with E-state index in [9.17, 15) is 9.18 Å². The number of hydrogen-bond donors (Lipinski definition) is 1. The van der Waals surface area contributed by atoms with Crippen LogP contribution in [0.4, 0.5) is 4.39 Å². The number of halogens is 1. The normalized spacial score (nSPS) is 29.5. The second kappa shape index (κ2) is 5.90. The van der Waals surface area contributed by atoms with Crippen LogP contribution in [0, 0.1) is 17.7 Å². The molecule has 2 atom stereocenters. The quantitative estimate of drug-likeness (QED) is 0.910. The van der Waals surface area contributed by atoms with Crippen molar-refractivity contribution in [1.29, 1.82) is 0 Å². The van der Waals surface area contributed by atoms with E-state index >= 15 is 0 Å². The van der Waals surface area contributed by atoms with Crippen molar-refractivity contribution in [3.05, 3.63) is 35.6 Å². The lowest BCUT2D eigenvalue weighted by Gasteiger charge is -2.44. The molecule has 1 N–H and O–H groups in total. The smallest absolute Gasteiger partial charge is 0.233 e. The molecular weight excluding hydrogens is 291 g/mol. The van der Waals surface area contributed by atoms with Crippen LogP contribution in [-0.4, -0.2) is 37.0 Å².